The number of nitrogens with zero attached hydrogens (tertiary/aromatic N) is 4. The number of rotatable bonds is 9. The van der Waals surface area contributed by atoms with Crippen molar-refractivity contribution in [3.8, 4) is 5.69 Å². The lowest BCUT2D eigenvalue weighted by atomic mass is 10.1. The summed E-state index contributed by atoms with van der Waals surface area (Å²) in [5.74, 6) is 2.22. The molecule has 7 nitrogen and oxygen atoms in total. The molecule has 0 fully saturated rings. The van der Waals surface area contributed by atoms with Gasteiger partial charge in [0, 0.05) is 25.4 Å². The van der Waals surface area contributed by atoms with E-state index < -0.39 is 0 Å². The zero-order chi connectivity index (χ0) is 20.8. The van der Waals surface area contributed by atoms with E-state index in [2.05, 4.69) is 29.6 Å². The van der Waals surface area contributed by atoms with E-state index in [0.717, 1.165) is 34.8 Å². The molecule has 0 aliphatic heterocycles. The van der Waals surface area contributed by atoms with Gasteiger partial charge in [-0.05, 0) is 24.5 Å². The third-order valence-corrected chi connectivity index (χ3v) is 4.83. The van der Waals surface area contributed by atoms with Crippen molar-refractivity contribution in [3.05, 3.63) is 42.4 Å². The van der Waals surface area contributed by atoms with Crippen molar-refractivity contribution >= 4 is 22.8 Å². The maximum absolute atomic E-state index is 11.8. The fourth-order valence-corrected chi connectivity index (χ4v) is 3.05. The average Bonchev–Trinajstić information content (AvgIpc) is 3.14. The maximum Gasteiger partial charge on any atom is 0.220 e. The number of benzene rings is 1. The van der Waals surface area contributed by atoms with E-state index in [9.17, 15) is 4.79 Å². The smallest absolute Gasteiger partial charge is 0.220 e. The molecule has 0 saturated carbocycles. The number of fused-ring (bicyclic) bond motifs is 1. The van der Waals surface area contributed by atoms with E-state index in [1.807, 2.05) is 48.9 Å². The highest BCUT2D eigenvalue weighted by Gasteiger charge is 2.16. The van der Waals surface area contributed by atoms with Crippen LogP contribution >= 0.6 is 0 Å². The lowest BCUT2D eigenvalue weighted by Crippen LogP contribution is -2.29. The number of carbonyl (C=O) groups is 1. The molecule has 0 spiro atoms. The van der Waals surface area contributed by atoms with Gasteiger partial charge in [-0.2, -0.15) is 5.10 Å². The maximum atomic E-state index is 11.8. The molecular weight excluding hydrogens is 364 g/mol. The van der Waals surface area contributed by atoms with Gasteiger partial charge >= 0.3 is 0 Å². The minimum absolute atomic E-state index is 0.0758. The third kappa shape index (κ3) is 5.10. The summed E-state index contributed by atoms with van der Waals surface area (Å²) in [5, 5.41) is 11.7. The summed E-state index contributed by atoms with van der Waals surface area (Å²) in [4.78, 5) is 21.4. The van der Waals surface area contributed by atoms with Crippen LogP contribution in [-0.4, -0.2) is 38.7 Å². The largest absolute Gasteiger partial charge is 0.368 e. The number of aromatic nitrogens is 4. The molecule has 29 heavy (non-hydrogen) atoms. The van der Waals surface area contributed by atoms with E-state index in [0.29, 0.717) is 25.4 Å². The van der Waals surface area contributed by atoms with Crippen molar-refractivity contribution in [1.82, 2.24) is 25.1 Å². The minimum atomic E-state index is 0.0758. The molecular formula is C22H30N6O. The second-order valence-electron chi connectivity index (χ2n) is 7.74. The Balaban J connectivity index is 1.84. The molecule has 0 aliphatic rings. The van der Waals surface area contributed by atoms with Crippen LogP contribution in [0.3, 0.4) is 0 Å². The number of hydrogen-bond acceptors (Lipinski definition) is 5. The van der Waals surface area contributed by atoms with Crippen LogP contribution in [0.25, 0.3) is 16.7 Å². The van der Waals surface area contributed by atoms with Crippen molar-refractivity contribution in [3.63, 3.8) is 0 Å². The fraction of sp³-hybridized carbons (Fsp3) is 0.455. The van der Waals surface area contributed by atoms with Gasteiger partial charge in [0.1, 0.15) is 11.6 Å². The van der Waals surface area contributed by atoms with Crippen LogP contribution in [0.5, 0.6) is 0 Å². The highest BCUT2D eigenvalue weighted by molar-refractivity contribution is 5.87. The van der Waals surface area contributed by atoms with Crippen molar-refractivity contribution in [2.45, 2.75) is 46.5 Å². The molecule has 0 aliphatic carbocycles. The van der Waals surface area contributed by atoms with Crippen LogP contribution < -0.4 is 10.6 Å². The Morgan fingerprint density at radius 2 is 1.86 bits per heavy atom. The molecule has 2 N–H and O–H groups in total. The normalized spacial score (nSPS) is 12.3. The predicted octanol–water partition coefficient (Wildman–Crippen LogP) is 3.90. The van der Waals surface area contributed by atoms with E-state index in [4.69, 9.17) is 9.97 Å². The Hall–Kier alpha value is -2.96. The van der Waals surface area contributed by atoms with E-state index in [1.165, 1.54) is 0 Å². The van der Waals surface area contributed by atoms with Crippen LogP contribution in [0.4, 0.5) is 5.82 Å². The number of amides is 1. The summed E-state index contributed by atoms with van der Waals surface area (Å²) in [7, 11) is 0. The summed E-state index contributed by atoms with van der Waals surface area (Å²) < 4.78 is 1.85. The molecule has 2 heterocycles. The molecule has 3 aromatic rings. The Bertz CT molecular complexity index is 951. The molecule has 0 unspecified atom stereocenters. The minimum Gasteiger partial charge on any atom is -0.368 e. The molecule has 0 bridgehead atoms. The second-order valence-corrected chi connectivity index (χ2v) is 7.74. The summed E-state index contributed by atoms with van der Waals surface area (Å²) in [5.41, 5.74) is 1.75. The van der Waals surface area contributed by atoms with Crippen LogP contribution in [0, 0.1) is 5.92 Å². The van der Waals surface area contributed by atoms with Crippen molar-refractivity contribution < 1.29 is 4.79 Å². The van der Waals surface area contributed by atoms with Crippen LogP contribution in [0.1, 0.15) is 52.3 Å². The van der Waals surface area contributed by atoms with Crippen molar-refractivity contribution in [2.75, 3.05) is 18.4 Å². The Morgan fingerprint density at radius 3 is 2.55 bits per heavy atom. The molecule has 1 aromatic carbocycles. The van der Waals surface area contributed by atoms with Gasteiger partial charge in [-0.3, -0.25) is 4.79 Å². The molecule has 7 heteroatoms. The fourth-order valence-electron chi connectivity index (χ4n) is 3.05. The van der Waals surface area contributed by atoms with Gasteiger partial charge in [0.2, 0.25) is 5.91 Å². The molecule has 0 saturated heterocycles. The standard InChI is InChI=1S/C22H30N6O/c1-5-16(4)20-26-21(24-12-11-23-19(29)13-15(2)3)18-14-25-28(22(18)27-20)17-9-7-6-8-10-17/h6-10,14-16H,5,11-13H2,1-4H3,(H,23,29)(H,24,26,27)/t16-/m0/s1. The van der Waals surface area contributed by atoms with Gasteiger partial charge in [0.05, 0.1) is 17.3 Å². The summed E-state index contributed by atoms with van der Waals surface area (Å²) in [6, 6.07) is 9.97. The number of carbonyl (C=O) groups excluding carboxylic acids is 1. The van der Waals surface area contributed by atoms with Gasteiger partial charge in [0.15, 0.2) is 5.65 Å². The van der Waals surface area contributed by atoms with E-state index in [1.54, 1.807) is 6.20 Å². The number of para-hydroxylation sites is 1. The topological polar surface area (TPSA) is 84.7 Å². The number of anilines is 1. The quantitative estimate of drug-likeness (QED) is 0.538. The highest BCUT2D eigenvalue weighted by Crippen LogP contribution is 2.26. The van der Waals surface area contributed by atoms with Gasteiger partial charge in [-0.15, -0.1) is 0 Å². The first-order valence-electron chi connectivity index (χ1n) is 10.3. The molecule has 0 radical (unpaired) electrons. The zero-order valence-electron chi connectivity index (χ0n) is 17.6. The van der Waals surface area contributed by atoms with Crippen molar-refractivity contribution in [2.24, 2.45) is 5.92 Å². The highest BCUT2D eigenvalue weighted by atomic mass is 16.1. The van der Waals surface area contributed by atoms with E-state index >= 15 is 0 Å². The van der Waals surface area contributed by atoms with E-state index in [-0.39, 0.29) is 11.8 Å². The van der Waals surface area contributed by atoms with Crippen LogP contribution in [-0.2, 0) is 4.79 Å². The summed E-state index contributed by atoms with van der Waals surface area (Å²) in [6.45, 7) is 9.46. The van der Waals surface area contributed by atoms with Crippen molar-refractivity contribution in [1.29, 1.82) is 0 Å². The first-order valence-corrected chi connectivity index (χ1v) is 10.3. The Labute approximate surface area is 171 Å². The first-order chi connectivity index (χ1) is 14.0. The lowest BCUT2D eigenvalue weighted by molar-refractivity contribution is -0.121. The Kier molecular flexibility index (Phi) is 6.80. The zero-order valence-corrected chi connectivity index (χ0v) is 17.6. The van der Waals surface area contributed by atoms with Crippen LogP contribution in [0.2, 0.25) is 0 Å². The molecule has 1 atom stereocenters. The third-order valence-electron chi connectivity index (χ3n) is 4.83. The van der Waals surface area contributed by atoms with Gasteiger partial charge in [-0.1, -0.05) is 45.9 Å². The van der Waals surface area contributed by atoms with Gasteiger partial charge in [-0.25, -0.2) is 14.6 Å². The summed E-state index contributed by atoms with van der Waals surface area (Å²) in [6.07, 6.45) is 3.29. The molecule has 2 aromatic heterocycles. The Morgan fingerprint density at radius 1 is 1.10 bits per heavy atom. The first kappa shape index (κ1) is 20.8. The number of nitrogens with one attached hydrogen (secondary N) is 2. The SMILES string of the molecule is CC[C@H](C)c1nc(NCCNC(=O)CC(C)C)c2cnn(-c3ccccc3)c2n1. The van der Waals surface area contributed by atoms with Crippen LogP contribution in [0.15, 0.2) is 36.5 Å². The molecule has 154 valence electrons. The predicted molar refractivity (Wildman–Crippen MR) is 116 cm³/mol. The monoisotopic (exact) mass is 394 g/mol. The van der Waals surface area contributed by atoms with Gasteiger partial charge < -0.3 is 10.6 Å². The average molecular weight is 395 g/mol. The second kappa shape index (κ2) is 9.49. The lowest BCUT2D eigenvalue weighted by Gasteiger charge is -2.13. The number of hydrogen-bond donors (Lipinski definition) is 2. The van der Waals surface area contributed by atoms with Gasteiger partial charge in [0.25, 0.3) is 0 Å². The molecule has 1 amide bonds. The summed E-state index contributed by atoms with van der Waals surface area (Å²) >= 11 is 0. The molecule has 3 rings (SSSR count).